The first kappa shape index (κ1) is 9.84. The molecule has 0 atom stereocenters. The minimum Gasteiger partial charge on any atom is -0.292 e. The number of carbonyl (C=O) groups is 1. The van der Waals surface area contributed by atoms with Crippen LogP contribution in [-0.4, -0.2) is 10.8 Å². The number of carbonyl (C=O) groups excluding carboxylic acids is 1. The molecule has 76 valence electrons. The van der Waals surface area contributed by atoms with Crippen LogP contribution in [0.15, 0.2) is 5.38 Å². The van der Waals surface area contributed by atoms with Crippen molar-refractivity contribution in [3.63, 3.8) is 0 Å². The fraction of sp³-hybridized carbons (Fsp3) is 0.636. The normalized spacial score (nSPS) is 17.5. The molecule has 14 heavy (non-hydrogen) atoms. The molecule has 1 aliphatic rings. The summed E-state index contributed by atoms with van der Waals surface area (Å²) in [5.41, 5.74) is 0.680. The Hall–Kier alpha value is -0.700. The average Bonchev–Trinajstić information content (AvgIpc) is 2.75. The number of hydrogen-bond donors (Lipinski definition) is 0. The second kappa shape index (κ2) is 4.22. The highest BCUT2D eigenvalue weighted by Gasteiger charge is 2.20. The van der Waals surface area contributed by atoms with E-state index in [9.17, 15) is 4.79 Å². The maximum absolute atomic E-state index is 11.8. The minimum absolute atomic E-state index is 0.237. The maximum atomic E-state index is 11.8. The number of hydrogen-bond acceptors (Lipinski definition) is 3. The number of aryl methyl sites for hydroxylation is 1. The van der Waals surface area contributed by atoms with E-state index in [2.05, 4.69) is 4.98 Å². The summed E-state index contributed by atoms with van der Waals surface area (Å²) in [6.45, 7) is 1.94. The summed E-state index contributed by atoms with van der Waals surface area (Å²) in [7, 11) is 0. The van der Waals surface area contributed by atoms with Crippen LogP contribution >= 0.6 is 11.3 Å². The van der Waals surface area contributed by atoms with Crippen LogP contribution in [0.3, 0.4) is 0 Å². The van der Waals surface area contributed by atoms with E-state index in [4.69, 9.17) is 0 Å². The summed E-state index contributed by atoms with van der Waals surface area (Å²) in [5.74, 6) is 0.866. The van der Waals surface area contributed by atoms with Gasteiger partial charge in [-0.3, -0.25) is 4.79 Å². The van der Waals surface area contributed by atoms with E-state index < -0.39 is 0 Å². The molecule has 2 nitrogen and oxygen atoms in total. The van der Waals surface area contributed by atoms with Gasteiger partial charge in [-0.15, -0.1) is 11.3 Å². The Labute approximate surface area is 88.4 Å². The van der Waals surface area contributed by atoms with E-state index in [1.54, 1.807) is 11.3 Å². The van der Waals surface area contributed by atoms with Gasteiger partial charge in [-0.1, -0.05) is 25.7 Å². The molecule has 1 aliphatic carbocycles. The van der Waals surface area contributed by atoms with Crippen LogP contribution in [0.1, 0.15) is 47.6 Å². The van der Waals surface area contributed by atoms with Gasteiger partial charge in [0.05, 0.1) is 5.01 Å². The van der Waals surface area contributed by atoms with Gasteiger partial charge < -0.3 is 0 Å². The van der Waals surface area contributed by atoms with Crippen LogP contribution in [0, 0.1) is 12.8 Å². The first-order valence-electron chi connectivity index (χ1n) is 5.21. The summed E-state index contributed by atoms with van der Waals surface area (Å²) in [6, 6.07) is 0. The van der Waals surface area contributed by atoms with E-state index in [0.717, 1.165) is 5.01 Å². The van der Waals surface area contributed by atoms with Crippen LogP contribution in [0.25, 0.3) is 0 Å². The highest BCUT2D eigenvalue weighted by atomic mass is 32.1. The van der Waals surface area contributed by atoms with Crippen LogP contribution in [0.4, 0.5) is 0 Å². The number of nitrogens with zero attached hydrogens (tertiary/aromatic N) is 1. The fourth-order valence-electron chi connectivity index (χ4n) is 2.07. The third-order valence-corrected chi connectivity index (χ3v) is 3.63. The van der Waals surface area contributed by atoms with Gasteiger partial charge in [-0.25, -0.2) is 4.98 Å². The lowest BCUT2D eigenvalue weighted by molar-refractivity contribution is 0.0958. The van der Waals surface area contributed by atoms with Crippen molar-refractivity contribution in [1.82, 2.24) is 4.98 Å². The minimum atomic E-state index is 0.237. The molecule has 3 heteroatoms. The predicted molar refractivity (Wildman–Crippen MR) is 57.8 cm³/mol. The standard InChI is InChI=1S/C11H15NOS/c1-8-12-10(7-14-8)11(13)6-9-4-2-3-5-9/h7,9H,2-6H2,1H3. The molecule has 1 aromatic heterocycles. The number of Topliss-reactive ketones (excluding diaryl/α,β-unsaturated/α-hetero) is 1. The summed E-state index contributed by atoms with van der Waals surface area (Å²) < 4.78 is 0. The van der Waals surface area contributed by atoms with E-state index in [-0.39, 0.29) is 5.78 Å². The van der Waals surface area contributed by atoms with E-state index in [0.29, 0.717) is 18.0 Å². The van der Waals surface area contributed by atoms with Crippen molar-refractivity contribution in [1.29, 1.82) is 0 Å². The van der Waals surface area contributed by atoms with Gasteiger partial charge in [-0.05, 0) is 12.8 Å². The second-order valence-electron chi connectivity index (χ2n) is 4.03. The van der Waals surface area contributed by atoms with Crippen molar-refractivity contribution >= 4 is 17.1 Å². The topological polar surface area (TPSA) is 30.0 Å². The Morgan fingerprint density at radius 3 is 2.86 bits per heavy atom. The second-order valence-corrected chi connectivity index (χ2v) is 5.09. The molecule has 2 rings (SSSR count). The van der Waals surface area contributed by atoms with Crippen molar-refractivity contribution < 1.29 is 4.79 Å². The Balaban J connectivity index is 1.95. The van der Waals surface area contributed by atoms with Crippen LogP contribution in [-0.2, 0) is 0 Å². The Kier molecular flexibility index (Phi) is 2.96. The molecule has 0 unspecified atom stereocenters. The molecule has 0 amide bonds. The summed E-state index contributed by atoms with van der Waals surface area (Å²) >= 11 is 1.56. The lowest BCUT2D eigenvalue weighted by atomic mass is 10.0. The van der Waals surface area contributed by atoms with Gasteiger partial charge in [0.25, 0.3) is 0 Å². The largest absolute Gasteiger partial charge is 0.292 e. The van der Waals surface area contributed by atoms with Crippen molar-refractivity contribution in [2.24, 2.45) is 5.92 Å². The number of rotatable bonds is 3. The lowest BCUT2D eigenvalue weighted by Crippen LogP contribution is -2.06. The number of thiazole rings is 1. The quantitative estimate of drug-likeness (QED) is 0.715. The molecule has 0 aliphatic heterocycles. The highest BCUT2D eigenvalue weighted by Crippen LogP contribution is 2.28. The maximum Gasteiger partial charge on any atom is 0.182 e. The smallest absolute Gasteiger partial charge is 0.182 e. The SMILES string of the molecule is Cc1nc(C(=O)CC2CCCC2)cs1. The van der Waals surface area contributed by atoms with E-state index in [1.165, 1.54) is 25.7 Å². The third kappa shape index (κ3) is 2.21. The van der Waals surface area contributed by atoms with Crippen molar-refractivity contribution in [2.75, 3.05) is 0 Å². The highest BCUT2D eigenvalue weighted by molar-refractivity contribution is 7.09. The molecule has 1 fully saturated rings. The Morgan fingerprint density at radius 1 is 1.57 bits per heavy atom. The van der Waals surface area contributed by atoms with E-state index in [1.807, 2.05) is 12.3 Å². The molecular formula is C11H15NOS. The number of ketones is 1. The Morgan fingerprint density at radius 2 is 2.29 bits per heavy atom. The van der Waals surface area contributed by atoms with Gasteiger partial charge in [-0.2, -0.15) is 0 Å². The molecular weight excluding hydrogens is 194 g/mol. The molecule has 0 N–H and O–H groups in total. The van der Waals surface area contributed by atoms with Gasteiger partial charge in [0, 0.05) is 11.8 Å². The summed E-state index contributed by atoms with van der Waals surface area (Å²) in [5, 5.41) is 2.87. The fourth-order valence-corrected chi connectivity index (χ4v) is 2.69. The zero-order valence-electron chi connectivity index (χ0n) is 8.45. The van der Waals surface area contributed by atoms with Crippen molar-refractivity contribution in [3.05, 3.63) is 16.1 Å². The molecule has 1 heterocycles. The molecule has 1 aromatic rings. The molecule has 0 aromatic carbocycles. The molecule has 0 radical (unpaired) electrons. The van der Waals surface area contributed by atoms with Gasteiger partial charge in [0.2, 0.25) is 0 Å². The van der Waals surface area contributed by atoms with Gasteiger partial charge in [0.1, 0.15) is 5.69 Å². The Bertz CT molecular complexity index is 326. The summed E-state index contributed by atoms with van der Waals surface area (Å²) in [4.78, 5) is 16.0. The van der Waals surface area contributed by atoms with Crippen LogP contribution in [0.5, 0.6) is 0 Å². The van der Waals surface area contributed by atoms with Crippen LogP contribution in [0.2, 0.25) is 0 Å². The molecule has 1 saturated carbocycles. The van der Waals surface area contributed by atoms with Crippen LogP contribution < -0.4 is 0 Å². The first-order valence-corrected chi connectivity index (χ1v) is 6.09. The van der Waals surface area contributed by atoms with Gasteiger partial charge in [0.15, 0.2) is 5.78 Å². The van der Waals surface area contributed by atoms with E-state index >= 15 is 0 Å². The molecule has 0 saturated heterocycles. The zero-order chi connectivity index (χ0) is 9.97. The lowest BCUT2D eigenvalue weighted by Gasteiger charge is -2.05. The monoisotopic (exact) mass is 209 g/mol. The molecule has 0 bridgehead atoms. The van der Waals surface area contributed by atoms with Crippen molar-refractivity contribution in [3.8, 4) is 0 Å². The average molecular weight is 209 g/mol. The number of aromatic nitrogens is 1. The predicted octanol–water partition coefficient (Wildman–Crippen LogP) is 3.21. The summed E-state index contributed by atoms with van der Waals surface area (Å²) in [6.07, 6.45) is 5.77. The third-order valence-electron chi connectivity index (χ3n) is 2.85. The molecule has 0 spiro atoms. The van der Waals surface area contributed by atoms with Gasteiger partial charge >= 0.3 is 0 Å². The first-order chi connectivity index (χ1) is 6.75. The zero-order valence-corrected chi connectivity index (χ0v) is 9.27. The van der Waals surface area contributed by atoms with Crippen molar-refractivity contribution in [2.45, 2.75) is 39.0 Å².